The summed E-state index contributed by atoms with van der Waals surface area (Å²) in [6.07, 6.45) is -0.0700. The van der Waals surface area contributed by atoms with Crippen molar-refractivity contribution in [2.75, 3.05) is 38.1 Å². The van der Waals surface area contributed by atoms with E-state index in [1.807, 2.05) is 42.3 Å². The Morgan fingerprint density at radius 3 is 2.49 bits per heavy atom. The van der Waals surface area contributed by atoms with Gasteiger partial charge in [-0.05, 0) is 74.7 Å². The minimum Gasteiger partial charge on any atom is -0.370 e. The molecule has 0 unspecified atom stereocenters. The van der Waals surface area contributed by atoms with Crippen LogP contribution in [0.15, 0.2) is 60.8 Å². The lowest BCUT2D eigenvalue weighted by Crippen LogP contribution is -2.54. The molecule has 41 heavy (non-hydrogen) atoms. The maximum atomic E-state index is 14.0. The molecule has 1 aromatic heterocycles. The third kappa shape index (κ3) is 5.80. The fraction of sp³-hybridized carbons (Fsp3) is 0.406. The van der Waals surface area contributed by atoms with Gasteiger partial charge in [-0.2, -0.15) is 18.4 Å². The highest BCUT2D eigenvalue weighted by atomic mass is 19.4. The average Bonchev–Trinajstić information content (AvgIpc) is 3.40. The molecular formula is C32H34F3N5O. The summed E-state index contributed by atoms with van der Waals surface area (Å²) < 4.78 is 39.8. The van der Waals surface area contributed by atoms with Gasteiger partial charge in [-0.1, -0.05) is 37.3 Å². The number of carbonyl (C=O) groups excluding carboxylic acids is 1. The molecule has 1 atom stereocenters. The third-order valence-corrected chi connectivity index (χ3v) is 8.55. The Kier molecular flexibility index (Phi) is 8.05. The lowest BCUT2D eigenvalue weighted by atomic mass is 9.72. The highest BCUT2D eigenvalue weighted by Crippen LogP contribution is 2.40. The summed E-state index contributed by atoms with van der Waals surface area (Å²) in [6.45, 7) is 4.64. The van der Waals surface area contributed by atoms with E-state index >= 15 is 0 Å². The number of aromatic nitrogens is 1. The van der Waals surface area contributed by atoms with Crippen LogP contribution in [-0.2, 0) is 22.8 Å². The molecular weight excluding hydrogens is 527 g/mol. The van der Waals surface area contributed by atoms with Crippen molar-refractivity contribution in [2.45, 2.75) is 50.2 Å². The van der Waals surface area contributed by atoms with Crippen LogP contribution in [0.3, 0.4) is 0 Å². The molecule has 9 heteroatoms. The summed E-state index contributed by atoms with van der Waals surface area (Å²) in [5, 5.41) is 12.9. The van der Waals surface area contributed by atoms with Gasteiger partial charge in [0.1, 0.15) is 6.07 Å². The molecule has 1 amide bonds. The van der Waals surface area contributed by atoms with Crippen molar-refractivity contribution in [3.8, 4) is 17.3 Å². The smallest absolute Gasteiger partial charge is 0.370 e. The number of benzene rings is 2. The Labute approximate surface area is 238 Å². The first kappa shape index (κ1) is 28.6. The van der Waals surface area contributed by atoms with Gasteiger partial charge in [0.15, 0.2) is 0 Å². The van der Waals surface area contributed by atoms with E-state index in [1.165, 1.54) is 11.6 Å². The summed E-state index contributed by atoms with van der Waals surface area (Å²) in [5.74, 6) is -0.0473. The molecule has 0 aliphatic carbocycles. The molecule has 3 aromatic rings. The zero-order chi connectivity index (χ0) is 29.2. The first-order valence-electron chi connectivity index (χ1n) is 14.0. The number of hydrogen-bond donors (Lipinski definition) is 1. The molecule has 2 aliphatic heterocycles. The Hall–Kier alpha value is -3.90. The largest absolute Gasteiger partial charge is 0.416 e. The van der Waals surface area contributed by atoms with Crippen LogP contribution in [0.1, 0.15) is 48.4 Å². The zero-order valence-electron chi connectivity index (χ0n) is 23.3. The number of rotatable bonds is 6. The van der Waals surface area contributed by atoms with Gasteiger partial charge in [-0.15, -0.1) is 0 Å². The van der Waals surface area contributed by atoms with E-state index in [4.69, 9.17) is 4.98 Å². The predicted octanol–water partition coefficient (Wildman–Crippen LogP) is 5.56. The molecule has 1 N–H and O–H groups in total. The number of amides is 1. The number of aryl methyl sites for hydroxylation is 1. The number of likely N-dealkylation sites (N-methyl/N-ethyl adjacent to an activating group) is 1. The first-order valence-corrected chi connectivity index (χ1v) is 14.0. The quantitative estimate of drug-likeness (QED) is 0.427. The normalized spacial score (nSPS) is 19.1. The van der Waals surface area contributed by atoms with Crippen LogP contribution in [0, 0.1) is 11.3 Å². The van der Waals surface area contributed by atoms with Gasteiger partial charge in [-0.3, -0.25) is 9.78 Å². The molecule has 0 bridgehead atoms. The van der Waals surface area contributed by atoms with Crippen LogP contribution in [-0.4, -0.2) is 55.1 Å². The van der Waals surface area contributed by atoms with Crippen LogP contribution in [0.25, 0.3) is 11.3 Å². The number of nitriles is 1. The molecule has 5 rings (SSSR count). The van der Waals surface area contributed by atoms with Gasteiger partial charge in [-0.25, -0.2) is 0 Å². The fourth-order valence-electron chi connectivity index (χ4n) is 6.14. The topological polar surface area (TPSA) is 72.3 Å². The molecule has 2 aromatic carbocycles. The summed E-state index contributed by atoms with van der Waals surface area (Å²) in [7, 11) is 2.04. The second-order valence-electron chi connectivity index (χ2n) is 11.1. The predicted molar refractivity (Wildman–Crippen MR) is 152 cm³/mol. The molecule has 2 saturated heterocycles. The number of piperidine rings is 1. The number of anilines is 1. The van der Waals surface area contributed by atoms with Crippen molar-refractivity contribution in [3.63, 3.8) is 0 Å². The maximum absolute atomic E-state index is 14.0. The summed E-state index contributed by atoms with van der Waals surface area (Å²) in [6, 6.07) is 17.4. The van der Waals surface area contributed by atoms with Gasteiger partial charge >= 0.3 is 6.18 Å². The number of nitrogens with zero attached hydrogens (tertiary/aromatic N) is 4. The standard InChI is InChI=1S/C32H34F3N5O/c1-3-22-6-4-5-7-27(22)28-10-8-25(20-37-28)31(30(41)38-26-12-15-39(2)21-26)13-16-40(17-14-31)29-11-9-24(32(33,34)35)18-23(29)19-36/h4-11,18,20,26H,3,12-17,21H2,1-2H3,(H,38,41)/t26-/m0/s1. The fourth-order valence-corrected chi connectivity index (χ4v) is 6.14. The molecule has 2 aliphatic rings. The second kappa shape index (κ2) is 11.5. The van der Waals surface area contributed by atoms with Gasteiger partial charge in [0.2, 0.25) is 5.91 Å². The van der Waals surface area contributed by atoms with Crippen molar-refractivity contribution >= 4 is 11.6 Å². The Morgan fingerprint density at radius 1 is 1.12 bits per heavy atom. The van der Waals surface area contributed by atoms with E-state index in [0.717, 1.165) is 54.9 Å². The Bertz CT molecular complexity index is 1440. The lowest BCUT2D eigenvalue weighted by molar-refractivity contribution is -0.137. The minimum absolute atomic E-state index is 0.0219. The highest BCUT2D eigenvalue weighted by Gasteiger charge is 2.44. The number of hydrogen-bond acceptors (Lipinski definition) is 5. The average molecular weight is 562 g/mol. The molecule has 6 nitrogen and oxygen atoms in total. The van der Waals surface area contributed by atoms with E-state index in [-0.39, 0.29) is 17.5 Å². The first-order chi connectivity index (χ1) is 19.6. The van der Waals surface area contributed by atoms with Crippen molar-refractivity contribution in [1.82, 2.24) is 15.2 Å². The van der Waals surface area contributed by atoms with Crippen molar-refractivity contribution in [2.24, 2.45) is 0 Å². The van der Waals surface area contributed by atoms with E-state index in [0.29, 0.717) is 31.6 Å². The number of pyridine rings is 1. The molecule has 0 radical (unpaired) electrons. The van der Waals surface area contributed by atoms with E-state index in [9.17, 15) is 23.2 Å². The second-order valence-corrected chi connectivity index (χ2v) is 11.1. The van der Waals surface area contributed by atoms with E-state index in [2.05, 4.69) is 29.3 Å². The number of carbonyl (C=O) groups is 1. The number of likely N-dealkylation sites (tertiary alicyclic amines) is 1. The van der Waals surface area contributed by atoms with Crippen LogP contribution < -0.4 is 10.2 Å². The van der Waals surface area contributed by atoms with Crippen molar-refractivity contribution in [3.05, 3.63) is 83.0 Å². The summed E-state index contributed by atoms with van der Waals surface area (Å²) in [5.41, 5.74) is 2.68. The highest BCUT2D eigenvalue weighted by molar-refractivity contribution is 5.89. The molecule has 2 fully saturated rings. The Balaban J connectivity index is 1.44. The minimum atomic E-state index is -4.52. The number of halogens is 3. The molecule has 0 saturated carbocycles. The summed E-state index contributed by atoms with van der Waals surface area (Å²) in [4.78, 5) is 22.9. The molecule has 3 heterocycles. The van der Waals surface area contributed by atoms with Crippen molar-refractivity contribution < 1.29 is 18.0 Å². The van der Waals surface area contributed by atoms with Gasteiger partial charge in [0.05, 0.1) is 27.9 Å². The van der Waals surface area contributed by atoms with Crippen LogP contribution in [0.2, 0.25) is 0 Å². The molecule has 0 spiro atoms. The van der Waals surface area contributed by atoms with Crippen molar-refractivity contribution in [1.29, 1.82) is 5.26 Å². The van der Waals surface area contributed by atoms with Gasteiger partial charge in [0, 0.05) is 37.4 Å². The van der Waals surface area contributed by atoms with E-state index < -0.39 is 17.2 Å². The van der Waals surface area contributed by atoms with Crippen LogP contribution >= 0.6 is 0 Å². The van der Waals surface area contributed by atoms with Crippen LogP contribution in [0.4, 0.5) is 18.9 Å². The maximum Gasteiger partial charge on any atom is 0.416 e. The zero-order valence-corrected chi connectivity index (χ0v) is 23.3. The van der Waals surface area contributed by atoms with E-state index in [1.54, 1.807) is 6.20 Å². The monoisotopic (exact) mass is 561 g/mol. The SMILES string of the molecule is CCc1ccccc1-c1ccc(C2(C(=O)N[C@H]3CCN(C)C3)CCN(c3ccc(C(F)(F)F)cc3C#N)CC2)cn1. The van der Waals surface area contributed by atoms with Gasteiger partial charge in [0.25, 0.3) is 0 Å². The summed E-state index contributed by atoms with van der Waals surface area (Å²) >= 11 is 0. The third-order valence-electron chi connectivity index (χ3n) is 8.55. The van der Waals surface area contributed by atoms with Crippen LogP contribution in [0.5, 0.6) is 0 Å². The Morgan fingerprint density at radius 2 is 1.88 bits per heavy atom. The number of alkyl halides is 3. The molecule has 214 valence electrons. The lowest BCUT2D eigenvalue weighted by Gasteiger charge is -2.42. The number of nitrogens with one attached hydrogen (secondary N) is 1. The van der Waals surface area contributed by atoms with Gasteiger partial charge < -0.3 is 15.1 Å².